The smallest absolute Gasteiger partial charge is 0.251 e. The van der Waals surface area contributed by atoms with Crippen molar-refractivity contribution in [2.45, 2.75) is 19.3 Å². The molecule has 0 aliphatic carbocycles. The van der Waals surface area contributed by atoms with Gasteiger partial charge in [-0.25, -0.2) is 0 Å². The van der Waals surface area contributed by atoms with E-state index in [4.69, 9.17) is 4.74 Å². The lowest BCUT2D eigenvalue weighted by Gasteiger charge is -2.09. The number of para-hydroxylation sites is 1. The number of rotatable bonds is 10. The number of carbonyl (C=O) groups excluding carboxylic acids is 1. The van der Waals surface area contributed by atoms with Gasteiger partial charge in [0.05, 0.1) is 7.11 Å². The van der Waals surface area contributed by atoms with Crippen molar-refractivity contribution in [2.75, 3.05) is 26.7 Å². The maximum atomic E-state index is 11.9. The molecular weight excluding hydrogens is 300 g/mol. The van der Waals surface area contributed by atoms with Crippen molar-refractivity contribution in [3.63, 3.8) is 0 Å². The summed E-state index contributed by atoms with van der Waals surface area (Å²) in [5.74, 6) is 0.947. The molecule has 128 valence electrons. The summed E-state index contributed by atoms with van der Waals surface area (Å²) in [6, 6.07) is 17.4. The summed E-state index contributed by atoms with van der Waals surface area (Å²) in [6.45, 7) is 2.59. The first kappa shape index (κ1) is 18.0. The van der Waals surface area contributed by atoms with Gasteiger partial charge in [-0.1, -0.05) is 36.4 Å². The quantitative estimate of drug-likeness (QED) is 0.660. The average Bonchev–Trinajstić information content (AvgIpc) is 2.64. The fourth-order valence-corrected chi connectivity index (χ4v) is 2.53. The molecule has 0 atom stereocenters. The van der Waals surface area contributed by atoms with Crippen LogP contribution in [0.5, 0.6) is 5.75 Å². The van der Waals surface area contributed by atoms with Crippen LogP contribution in [0.1, 0.15) is 28.8 Å². The summed E-state index contributed by atoms with van der Waals surface area (Å²) in [5.41, 5.74) is 1.94. The van der Waals surface area contributed by atoms with Gasteiger partial charge in [0.25, 0.3) is 5.91 Å². The molecule has 0 radical (unpaired) electrons. The van der Waals surface area contributed by atoms with Crippen LogP contribution in [0.15, 0.2) is 54.6 Å². The largest absolute Gasteiger partial charge is 0.496 e. The minimum atomic E-state index is -0.000248. The van der Waals surface area contributed by atoms with E-state index in [0.717, 1.165) is 38.1 Å². The number of methoxy groups -OCH3 is 1. The van der Waals surface area contributed by atoms with Crippen molar-refractivity contribution in [2.24, 2.45) is 0 Å². The summed E-state index contributed by atoms with van der Waals surface area (Å²) in [5, 5.41) is 6.38. The molecule has 0 bridgehead atoms. The highest BCUT2D eigenvalue weighted by Gasteiger charge is 2.03. The first-order chi connectivity index (χ1) is 11.8. The van der Waals surface area contributed by atoms with Crippen LogP contribution in [0.25, 0.3) is 0 Å². The predicted octanol–water partition coefficient (Wildman–Crippen LogP) is 3.04. The summed E-state index contributed by atoms with van der Waals surface area (Å²) in [7, 11) is 1.70. The summed E-state index contributed by atoms with van der Waals surface area (Å²) in [4.78, 5) is 11.9. The second-order valence-corrected chi connectivity index (χ2v) is 5.64. The van der Waals surface area contributed by atoms with E-state index in [2.05, 4.69) is 16.7 Å². The lowest BCUT2D eigenvalue weighted by atomic mass is 10.1. The molecule has 0 spiro atoms. The second-order valence-electron chi connectivity index (χ2n) is 5.64. The molecule has 1 amide bonds. The molecule has 24 heavy (non-hydrogen) atoms. The number of nitrogens with one attached hydrogen (secondary N) is 2. The van der Waals surface area contributed by atoms with E-state index in [1.807, 2.05) is 48.5 Å². The van der Waals surface area contributed by atoms with Crippen molar-refractivity contribution in [3.8, 4) is 5.75 Å². The van der Waals surface area contributed by atoms with Crippen LogP contribution in [0.3, 0.4) is 0 Å². The van der Waals surface area contributed by atoms with E-state index >= 15 is 0 Å². The molecular formula is C20H26N2O2. The molecule has 0 unspecified atom stereocenters. The summed E-state index contributed by atoms with van der Waals surface area (Å²) < 4.78 is 5.35. The van der Waals surface area contributed by atoms with Crippen LogP contribution in [0.4, 0.5) is 0 Å². The zero-order valence-corrected chi connectivity index (χ0v) is 14.3. The highest BCUT2D eigenvalue weighted by molar-refractivity contribution is 5.94. The van der Waals surface area contributed by atoms with E-state index in [0.29, 0.717) is 12.1 Å². The Labute approximate surface area is 144 Å². The van der Waals surface area contributed by atoms with E-state index in [1.165, 1.54) is 5.56 Å². The van der Waals surface area contributed by atoms with Crippen LogP contribution < -0.4 is 15.4 Å². The van der Waals surface area contributed by atoms with Gasteiger partial charge in [0.2, 0.25) is 0 Å². The van der Waals surface area contributed by atoms with Gasteiger partial charge in [0.15, 0.2) is 0 Å². The van der Waals surface area contributed by atoms with E-state index in [1.54, 1.807) is 7.11 Å². The topological polar surface area (TPSA) is 50.4 Å². The fraction of sp³-hybridized carbons (Fsp3) is 0.350. The van der Waals surface area contributed by atoms with Crippen LogP contribution in [0, 0.1) is 0 Å². The number of carbonyl (C=O) groups is 1. The van der Waals surface area contributed by atoms with E-state index in [-0.39, 0.29) is 5.91 Å². The Balaban J connectivity index is 1.52. The molecule has 2 N–H and O–H groups in total. The van der Waals surface area contributed by atoms with Crippen molar-refractivity contribution in [1.82, 2.24) is 10.6 Å². The Morgan fingerprint density at radius 2 is 1.62 bits per heavy atom. The van der Waals surface area contributed by atoms with Gasteiger partial charge in [0, 0.05) is 12.1 Å². The maximum absolute atomic E-state index is 11.9. The molecule has 0 aliphatic heterocycles. The van der Waals surface area contributed by atoms with Crippen LogP contribution >= 0.6 is 0 Å². The first-order valence-corrected chi connectivity index (χ1v) is 8.47. The molecule has 0 saturated carbocycles. The highest BCUT2D eigenvalue weighted by atomic mass is 16.5. The van der Waals surface area contributed by atoms with Crippen molar-refractivity contribution in [1.29, 1.82) is 0 Å². The molecule has 4 heteroatoms. The highest BCUT2D eigenvalue weighted by Crippen LogP contribution is 2.17. The van der Waals surface area contributed by atoms with Crippen molar-refractivity contribution >= 4 is 5.91 Å². The minimum Gasteiger partial charge on any atom is -0.496 e. The maximum Gasteiger partial charge on any atom is 0.251 e. The monoisotopic (exact) mass is 326 g/mol. The Bertz CT molecular complexity index is 614. The van der Waals surface area contributed by atoms with Gasteiger partial charge in [-0.3, -0.25) is 4.79 Å². The molecule has 2 rings (SSSR count). The summed E-state index contributed by atoms with van der Waals surface area (Å²) >= 11 is 0. The molecule has 4 nitrogen and oxygen atoms in total. The Kier molecular flexibility index (Phi) is 7.84. The van der Waals surface area contributed by atoms with Crippen molar-refractivity contribution < 1.29 is 9.53 Å². The van der Waals surface area contributed by atoms with Crippen LogP contribution in [0.2, 0.25) is 0 Å². The van der Waals surface area contributed by atoms with Gasteiger partial charge >= 0.3 is 0 Å². The van der Waals surface area contributed by atoms with Crippen LogP contribution in [-0.4, -0.2) is 32.7 Å². The lowest BCUT2D eigenvalue weighted by Crippen LogP contribution is -2.25. The molecule has 0 saturated heterocycles. The van der Waals surface area contributed by atoms with Crippen molar-refractivity contribution in [3.05, 3.63) is 65.7 Å². The molecule has 2 aromatic carbocycles. The third kappa shape index (κ3) is 6.05. The first-order valence-electron chi connectivity index (χ1n) is 8.47. The van der Waals surface area contributed by atoms with Gasteiger partial charge in [0.1, 0.15) is 5.75 Å². The Hall–Kier alpha value is -2.33. The molecule has 0 fully saturated rings. The lowest BCUT2D eigenvalue weighted by molar-refractivity contribution is 0.0953. The van der Waals surface area contributed by atoms with Gasteiger partial charge in [-0.2, -0.15) is 0 Å². The molecule has 0 aliphatic rings. The molecule has 2 aromatic rings. The molecule has 0 heterocycles. The second kappa shape index (κ2) is 10.4. The predicted molar refractivity (Wildman–Crippen MR) is 97.6 cm³/mol. The van der Waals surface area contributed by atoms with Gasteiger partial charge in [-0.15, -0.1) is 0 Å². The zero-order valence-electron chi connectivity index (χ0n) is 14.3. The average molecular weight is 326 g/mol. The number of ether oxygens (including phenoxy) is 1. The number of hydrogen-bond acceptors (Lipinski definition) is 3. The number of unbranched alkanes of at least 4 members (excludes halogenated alkanes) is 1. The normalized spacial score (nSPS) is 10.4. The standard InChI is InChI=1S/C20H26N2O2/c1-24-19-12-6-5-9-17(19)13-16-21-14-7-8-15-22-20(23)18-10-3-2-4-11-18/h2-6,9-12,21H,7-8,13-16H2,1H3,(H,22,23). The summed E-state index contributed by atoms with van der Waals surface area (Å²) in [6.07, 6.45) is 2.97. The SMILES string of the molecule is COc1ccccc1CCNCCCCNC(=O)c1ccccc1. The minimum absolute atomic E-state index is 0.000248. The fourth-order valence-electron chi connectivity index (χ4n) is 2.53. The third-order valence-electron chi connectivity index (χ3n) is 3.87. The van der Waals surface area contributed by atoms with Crippen LogP contribution in [-0.2, 0) is 6.42 Å². The van der Waals surface area contributed by atoms with E-state index in [9.17, 15) is 4.79 Å². The zero-order chi connectivity index (χ0) is 17.0. The molecule has 0 aromatic heterocycles. The number of hydrogen-bond donors (Lipinski definition) is 2. The van der Waals surface area contributed by atoms with E-state index < -0.39 is 0 Å². The Morgan fingerprint density at radius 3 is 2.42 bits per heavy atom. The van der Waals surface area contributed by atoms with Gasteiger partial charge in [-0.05, 0) is 56.1 Å². The number of amides is 1. The van der Waals surface area contributed by atoms with Gasteiger partial charge < -0.3 is 15.4 Å². The number of benzene rings is 2. The third-order valence-corrected chi connectivity index (χ3v) is 3.87. The Morgan fingerprint density at radius 1 is 0.917 bits per heavy atom.